The molecule has 1 aliphatic rings. The second-order valence-corrected chi connectivity index (χ2v) is 16.0. The highest BCUT2D eigenvalue weighted by molar-refractivity contribution is 6.14. The topological polar surface area (TPSA) is 16.4 Å². The van der Waals surface area contributed by atoms with Crippen molar-refractivity contribution in [1.29, 1.82) is 0 Å². The quantitative estimate of drug-likeness (QED) is 0.161. The maximum Gasteiger partial charge on any atom is 0.136 e. The lowest BCUT2D eigenvalue weighted by Crippen LogP contribution is -2.15. The molecular formula is C57H41NO. The first-order chi connectivity index (χ1) is 29.1. The Morgan fingerprint density at radius 2 is 0.898 bits per heavy atom. The number of benzene rings is 9. The summed E-state index contributed by atoms with van der Waals surface area (Å²) in [6, 6.07) is 76.9. The summed E-state index contributed by atoms with van der Waals surface area (Å²) in [4.78, 5) is 2.48. The molecule has 0 atom stereocenters. The van der Waals surface area contributed by atoms with E-state index in [1.54, 1.807) is 0 Å². The molecule has 10 aromatic rings. The van der Waals surface area contributed by atoms with Crippen LogP contribution < -0.4 is 4.90 Å². The normalized spacial score (nSPS) is 12.7. The molecule has 0 saturated carbocycles. The fourth-order valence-corrected chi connectivity index (χ4v) is 9.58. The minimum absolute atomic E-state index is 0.118. The minimum Gasteiger partial charge on any atom is -0.456 e. The molecule has 0 N–H and O–H groups in total. The van der Waals surface area contributed by atoms with Crippen molar-refractivity contribution in [3.63, 3.8) is 0 Å². The van der Waals surface area contributed by atoms with Crippen LogP contribution in [0.4, 0.5) is 17.1 Å². The zero-order valence-corrected chi connectivity index (χ0v) is 33.1. The number of furan rings is 1. The van der Waals surface area contributed by atoms with Crippen molar-refractivity contribution in [2.45, 2.75) is 19.3 Å². The summed E-state index contributed by atoms with van der Waals surface area (Å²) in [6.07, 6.45) is 0. The van der Waals surface area contributed by atoms with Gasteiger partial charge in [0.25, 0.3) is 0 Å². The smallest absolute Gasteiger partial charge is 0.136 e. The van der Waals surface area contributed by atoms with E-state index in [1.165, 1.54) is 55.6 Å². The maximum atomic E-state index is 6.46. The van der Waals surface area contributed by atoms with Gasteiger partial charge in [-0.3, -0.25) is 0 Å². The molecule has 1 aliphatic carbocycles. The van der Waals surface area contributed by atoms with Crippen molar-refractivity contribution in [1.82, 2.24) is 0 Å². The van der Waals surface area contributed by atoms with Gasteiger partial charge in [0, 0.05) is 33.0 Å². The second-order valence-electron chi connectivity index (χ2n) is 16.0. The third-order valence-corrected chi connectivity index (χ3v) is 12.3. The minimum atomic E-state index is -0.118. The average Bonchev–Trinajstić information content (AvgIpc) is 3.80. The summed E-state index contributed by atoms with van der Waals surface area (Å²) < 4.78 is 6.46. The number of rotatable bonds is 7. The van der Waals surface area contributed by atoms with Crippen LogP contribution in [0.25, 0.3) is 77.6 Å². The predicted octanol–water partition coefficient (Wildman–Crippen LogP) is 16.0. The highest BCUT2D eigenvalue weighted by Gasteiger charge is 2.37. The number of fused-ring (bicyclic) bond motifs is 6. The van der Waals surface area contributed by atoms with Gasteiger partial charge >= 0.3 is 0 Å². The summed E-state index contributed by atoms with van der Waals surface area (Å²) in [5.74, 6) is 0. The fourth-order valence-electron chi connectivity index (χ4n) is 9.58. The largest absolute Gasteiger partial charge is 0.456 e. The lowest BCUT2D eigenvalue weighted by molar-refractivity contribution is 0.660. The van der Waals surface area contributed by atoms with Crippen LogP contribution in [0, 0.1) is 0 Å². The van der Waals surface area contributed by atoms with Crippen LogP contribution in [0.2, 0.25) is 0 Å². The Morgan fingerprint density at radius 1 is 0.373 bits per heavy atom. The third-order valence-electron chi connectivity index (χ3n) is 12.3. The zero-order chi connectivity index (χ0) is 39.5. The summed E-state index contributed by atoms with van der Waals surface area (Å²) in [6.45, 7) is 4.71. The van der Waals surface area contributed by atoms with E-state index in [4.69, 9.17) is 4.42 Å². The molecule has 2 nitrogen and oxygen atoms in total. The van der Waals surface area contributed by atoms with E-state index in [-0.39, 0.29) is 5.41 Å². The summed E-state index contributed by atoms with van der Waals surface area (Å²) >= 11 is 0. The van der Waals surface area contributed by atoms with E-state index >= 15 is 0 Å². The van der Waals surface area contributed by atoms with E-state index in [0.29, 0.717) is 0 Å². The van der Waals surface area contributed by atoms with E-state index in [9.17, 15) is 0 Å². The van der Waals surface area contributed by atoms with Crippen LogP contribution in [-0.4, -0.2) is 0 Å². The van der Waals surface area contributed by atoms with Crippen molar-refractivity contribution in [2.24, 2.45) is 0 Å². The first-order valence-electron chi connectivity index (χ1n) is 20.4. The molecule has 1 aromatic heterocycles. The van der Waals surface area contributed by atoms with E-state index in [0.717, 1.165) is 50.1 Å². The standard InChI is InChI=1S/C57H41NO/c1-57(2)49-29-13-9-25-46(49)55-44(27-17-30-50(55)57)42-23-10-14-31-51(42)58(40-35-36-41(38-19-5-3-6-20-38)48(37-40)39-21-7-4-8-22-39)52-32-15-11-24-43(52)45-28-18-34-54-56(45)47-26-12-16-33-53(47)59-54/h3-37H,1-2H3. The highest BCUT2D eigenvalue weighted by atomic mass is 16.3. The lowest BCUT2D eigenvalue weighted by Gasteiger charge is -2.31. The van der Waals surface area contributed by atoms with E-state index < -0.39 is 0 Å². The summed E-state index contributed by atoms with van der Waals surface area (Å²) in [7, 11) is 0. The van der Waals surface area contributed by atoms with Crippen molar-refractivity contribution >= 4 is 39.0 Å². The Labute approximate surface area is 345 Å². The molecule has 0 aliphatic heterocycles. The molecule has 0 saturated heterocycles. The van der Waals surface area contributed by atoms with Gasteiger partial charge in [-0.1, -0.05) is 190 Å². The summed E-state index contributed by atoms with van der Waals surface area (Å²) in [5, 5.41) is 2.23. The number of para-hydroxylation sites is 3. The van der Waals surface area contributed by atoms with Gasteiger partial charge in [0.15, 0.2) is 0 Å². The monoisotopic (exact) mass is 755 g/mol. The van der Waals surface area contributed by atoms with Crippen molar-refractivity contribution in [3.05, 3.63) is 223 Å². The number of hydrogen-bond donors (Lipinski definition) is 0. The van der Waals surface area contributed by atoms with Gasteiger partial charge in [-0.25, -0.2) is 0 Å². The summed E-state index contributed by atoms with van der Waals surface area (Å²) in [5.41, 5.74) is 19.6. The molecule has 0 spiro atoms. The molecule has 0 bridgehead atoms. The highest BCUT2D eigenvalue weighted by Crippen LogP contribution is 2.55. The Balaban J connectivity index is 1.21. The molecule has 0 amide bonds. The third kappa shape index (κ3) is 5.63. The molecule has 2 heteroatoms. The van der Waals surface area contributed by atoms with Gasteiger partial charge in [0.1, 0.15) is 11.2 Å². The van der Waals surface area contributed by atoms with Crippen LogP contribution in [0.15, 0.2) is 217 Å². The SMILES string of the molecule is CC1(C)c2ccccc2-c2c(-c3ccccc3N(c3ccc(-c4ccccc4)c(-c4ccccc4)c3)c3ccccc3-c3cccc4oc5ccccc5c34)cccc21. The molecule has 0 unspecified atom stereocenters. The first-order valence-corrected chi connectivity index (χ1v) is 20.4. The van der Waals surface area contributed by atoms with Crippen molar-refractivity contribution in [3.8, 4) is 55.6 Å². The number of hydrogen-bond acceptors (Lipinski definition) is 2. The zero-order valence-electron chi connectivity index (χ0n) is 33.1. The molecule has 9 aromatic carbocycles. The van der Waals surface area contributed by atoms with Gasteiger partial charge in [0.05, 0.1) is 11.4 Å². The maximum absolute atomic E-state index is 6.46. The molecule has 280 valence electrons. The second kappa shape index (κ2) is 13.9. The van der Waals surface area contributed by atoms with Crippen LogP contribution in [0.3, 0.4) is 0 Å². The molecular weight excluding hydrogens is 715 g/mol. The van der Waals surface area contributed by atoms with Gasteiger partial charge in [-0.2, -0.15) is 0 Å². The van der Waals surface area contributed by atoms with Gasteiger partial charge < -0.3 is 9.32 Å². The number of anilines is 3. The Kier molecular flexibility index (Phi) is 8.20. The lowest BCUT2D eigenvalue weighted by atomic mass is 9.82. The van der Waals surface area contributed by atoms with E-state index in [2.05, 4.69) is 225 Å². The van der Waals surface area contributed by atoms with Crippen molar-refractivity contribution in [2.75, 3.05) is 4.90 Å². The van der Waals surface area contributed by atoms with E-state index in [1.807, 2.05) is 6.07 Å². The van der Waals surface area contributed by atoms with Gasteiger partial charge in [-0.05, 0) is 92.0 Å². The number of nitrogens with zero attached hydrogens (tertiary/aromatic N) is 1. The fraction of sp³-hybridized carbons (Fsp3) is 0.0526. The Bertz CT molecular complexity index is 3190. The van der Waals surface area contributed by atoms with Crippen LogP contribution in [0.5, 0.6) is 0 Å². The first kappa shape index (κ1) is 34.8. The van der Waals surface area contributed by atoms with Crippen LogP contribution in [-0.2, 0) is 5.41 Å². The molecule has 0 radical (unpaired) electrons. The van der Waals surface area contributed by atoms with Gasteiger partial charge in [-0.15, -0.1) is 0 Å². The Hall–Kier alpha value is -7.42. The Morgan fingerprint density at radius 3 is 1.64 bits per heavy atom. The molecule has 0 fully saturated rings. The van der Waals surface area contributed by atoms with Gasteiger partial charge in [0.2, 0.25) is 0 Å². The van der Waals surface area contributed by atoms with Crippen LogP contribution >= 0.6 is 0 Å². The molecule has 59 heavy (non-hydrogen) atoms. The van der Waals surface area contributed by atoms with Crippen molar-refractivity contribution < 1.29 is 4.42 Å². The van der Waals surface area contributed by atoms with Crippen LogP contribution in [0.1, 0.15) is 25.0 Å². The predicted molar refractivity (Wildman–Crippen MR) is 248 cm³/mol. The molecule has 11 rings (SSSR count). The average molecular weight is 756 g/mol. The molecule has 1 heterocycles.